The third kappa shape index (κ3) is 7.84. The van der Waals surface area contributed by atoms with Crippen LogP contribution in [0.5, 0.6) is 0 Å². The van der Waals surface area contributed by atoms with E-state index in [0.29, 0.717) is 12.6 Å². The van der Waals surface area contributed by atoms with Gasteiger partial charge in [-0.05, 0) is 39.2 Å². The Morgan fingerprint density at radius 3 is 2.61 bits per heavy atom. The van der Waals surface area contributed by atoms with E-state index in [4.69, 9.17) is 17.0 Å². The molecule has 18 heavy (non-hydrogen) atoms. The molecule has 0 unspecified atom stereocenters. The summed E-state index contributed by atoms with van der Waals surface area (Å²) in [6.07, 6.45) is 6.53. The third-order valence-electron chi connectivity index (χ3n) is 3.16. The Morgan fingerprint density at radius 1 is 1.22 bits per heavy atom. The van der Waals surface area contributed by atoms with Crippen molar-refractivity contribution < 1.29 is 4.74 Å². The fourth-order valence-electron chi connectivity index (χ4n) is 2.07. The van der Waals surface area contributed by atoms with Gasteiger partial charge >= 0.3 is 0 Å². The lowest BCUT2D eigenvalue weighted by Crippen LogP contribution is -2.43. The number of hydrogen-bond donors (Lipinski definition) is 2. The Kier molecular flexibility index (Phi) is 8.29. The molecule has 0 amide bonds. The molecule has 1 rings (SSSR count). The predicted molar refractivity (Wildman–Crippen MR) is 80.0 cm³/mol. The van der Waals surface area contributed by atoms with Crippen molar-refractivity contribution in [2.24, 2.45) is 0 Å². The van der Waals surface area contributed by atoms with E-state index < -0.39 is 0 Å². The van der Waals surface area contributed by atoms with Crippen LogP contribution < -0.4 is 10.6 Å². The van der Waals surface area contributed by atoms with Gasteiger partial charge in [0.2, 0.25) is 0 Å². The highest BCUT2D eigenvalue weighted by Crippen LogP contribution is 2.17. The second-order valence-electron chi connectivity index (χ2n) is 5.15. The second kappa shape index (κ2) is 9.53. The molecule has 1 aliphatic carbocycles. The number of nitrogens with one attached hydrogen (secondary N) is 2. The minimum absolute atomic E-state index is 0.577. The normalized spacial score (nSPS) is 16.8. The highest BCUT2D eigenvalue weighted by molar-refractivity contribution is 7.80. The molecule has 0 aliphatic heterocycles. The van der Waals surface area contributed by atoms with E-state index in [-0.39, 0.29) is 0 Å². The van der Waals surface area contributed by atoms with Crippen molar-refractivity contribution in [2.45, 2.75) is 38.1 Å². The van der Waals surface area contributed by atoms with Crippen LogP contribution in [0.2, 0.25) is 0 Å². The van der Waals surface area contributed by atoms with Gasteiger partial charge in [0.1, 0.15) is 0 Å². The molecule has 0 radical (unpaired) electrons. The maximum Gasteiger partial charge on any atom is 0.166 e. The molecular weight excluding hydrogens is 246 g/mol. The summed E-state index contributed by atoms with van der Waals surface area (Å²) in [5, 5.41) is 7.36. The molecule has 1 aliphatic rings. The Morgan fingerprint density at radius 2 is 1.94 bits per heavy atom. The molecule has 0 aromatic rings. The highest BCUT2D eigenvalue weighted by atomic mass is 32.1. The molecule has 0 bridgehead atoms. The Balaban J connectivity index is 1.93. The van der Waals surface area contributed by atoms with Crippen molar-refractivity contribution in [2.75, 3.05) is 40.4 Å². The summed E-state index contributed by atoms with van der Waals surface area (Å²) in [5.41, 5.74) is 0. The van der Waals surface area contributed by atoms with Crippen LogP contribution in [0.1, 0.15) is 32.1 Å². The molecule has 5 heteroatoms. The molecule has 0 spiro atoms. The molecule has 106 valence electrons. The van der Waals surface area contributed by atoms with Crippen LogP contribution in [-0.2, 0) is 4.74 Å². The summed E-state index contributed by atoms with van der Waals surface area (Å²) in [6.45, 7) is 3.23. The van der Waals surface area contributed by atoms with Crippen LogP contribution in [0, 0.1) is 0 Å². The van der Waals surface area contributed by atoms with Crippen molar-refractivity contribution in [3.05, 3.63) is 0 Å². The summed E-state index contributed by atoms with van der Waals surface area (Å²) < 4.78 is 5.49. The zero-order valence-corrected chi connectivity index (χ0v) is 12.5. The Labute approximate surface area is 116 Å². The molecule has 0 aromatic heterocycles. The number of likely N-dealkylation sites (N-methyl/N-ethyl adjacent to an activating group) is 1. The van der Waals surface area contributed by atoms with Crippen LogP contribution in [0.4, 0.5) is 0 Å². The van der Waals surface area contributed by atoms with Crippen molar-refractivity contribution in [3.63, 3.8) is 0 Å². The third-order valence-corrected chi connectivity index (χ3v) is 3.42. The number of thiocarbonyl (C=S) groups is 1. The van der Waals surface area contributed by atoms with Crippen molar-refractivity contribution in [1.82, 2.24) is 15.5 Å². The lowest BCUT2D eigenvalue weighted by Gasteiger charge is -2.24. The van der Waals surface area contributed by atoms with E-state index in [0.717, 1.165) is 24.8 Å². The molecular formula is C13H27N3OS. The van der Waals surface area contributed by atoms with Crippen molar-refractivity contribution >= 4 is 17.3 Å². The zero-order chi connectivity index (χ0) is 13.2. The van der Waals surface area contributed by atoms with Crippen LogP contribution in [0.15, 0.2) is 0 Å². The van der Waals surface area contributed by atoms with Crippen LogP contribution in [0.3, 0.4) is 0 Å². The molecule has 0 saturated heterocycles. The van der Waals surface area contributed by atoms with Gasteiger partial charge in [-0.3, -0.25) is 0 Å². The standard InChI is InChI=1S/C13H27N3OS/c1-16(2)9-11-17-10-8-14-13(18)15-12-6-4-3-5-7-12/h12H,3-11H2,1-2H3,(H2,14,15,18). The van der Waals surface area contributed by atoms with Gasteiger partial charge in [0.25, 0.3) is 0 Å². The van der Waals surface area contributed by atoms with Gasteiger partial charge in [-0.15, -0.1) is 0 Å². The summed E-state index contributed by atoms with van der Waals surface area (Å²) in [7, 11) is 4.09. The van der Waals surface area contributed by atoms with Crippen LogP contribution in [-0.4, -0.2) is 56.5 Å². The van der Waals surface area contributed by atoms with Crippen molar-refractivity contribution in [3.8, 4) is 0 Å². The fourth-order valence-corrected chi connectivity index (χ4v) is 2.34. The van der Waals surface area contributed by atoms with Gasteiger partial charge in [-0.1, -0.05) is 19.3 Å². The van der Waals surface area contributed by atoms with E-state index in [1.54, 1.807) is 0 Å². The van der Waals surface area contributed by atoms with Crippen LogP contribution >= 0.6 is 12.2 Å². The Bertz CT molecular complexity index is 230. The second-order valence-corrected chi connectivity index (χ2v) is 5.56. The monoisotopic (exact) mass is 273 g/mol. The average molecular weight is 273 g/mol. The number of nitrogens with zero attached hydrogens (tertiary/aromatic N) is 1. The average Bonchev–Trinajstić information content (AvgIpc) is 2.34. The summed E-state index contributed by atoms with van der Waals surface area (Å²) in [6, 6.07) is 0.577. The largest absolute Gasteiger partial charge is 0.378 e. The summed E-state index contributed by atoms with van der Waals surface area (Å²) >= 11 is 5.27. The van der Waals surface area contributed by atoms with Gasteiger partial charge in [0, 0.05) is 19.1 Å². The minimum Gasteiger partial charge on any atom is -0.378 e. The Hall–Kier alpha value is -0.390. The quantitative estimate of drug-likeness (QED) is 0.541. The van der Waals surface area contributed by atoms with Gasteiger partial charge in [-0.2, -0.15) is 0 Å². The molecule has 1 fully saturated rings. The zero-order valence-electron chi connectivity index (χ0n) is 11.7. The number of hydrogen-bond acceptors (Lipinski definition) is 3. The number of ether oxygens (including phenoxy) is 1. The molecule has 2 N–H and O–H groups in total. The SMILES string of the molecule is CN(C)CCOCCNC(=S)NC1CCCCC1. The van der Waals surface area contributed by atoms with E-state index in [1.807, 2.05) is 14.1 Å². The van der Waals surface area contributed by atoms with Crippen molar-refractivity contribution in [1.29, 1.82) is 0 Å². The highest BCUT2D eigenvalue weighted by Gasteiger charge is 2.13. The first-order chi connectivity index (χ1) is 8.68. The fraction of sp³-hybridized carbons (Fsp3) is 0.923. The van der Waals surface area contributed by atoms with E-state index in [2.05, 4.69) is 15.5 Å². The lowest BCUT2D eigenvalue weighted by molar-refractivity contribution is 0.122. The summed E-state index contributed by atoms with van der Waals surface area (Å²) in [4.78, 5) is 2.11. The number of rotatable bonds is 7. The molecule has 4 nitrogen and oxygen atoms in total. The van der Waals surface area contributed by atoms with Gasteiger partial charge in [-0.25, -0.2) is 0 Å². The smallest absolute Gasteiger partial charge is 0.166 e. The van der Waals surface area contributed by atoms with Gasteiger partial charge in [0.15, 0.2) is 5.11 Å². The maximum absolute atomic E-state index is 5.49. The maximum atomic E-state index is 5.49. The minimum atomic E-state index is 0.577. The first kappa shape index (κ1) is 15.7. The van der Waals surface area contributed by atoms with Gasteiger partial charge < -0.3 is 20.3 Å². The van der Waals surface area contributed by atoms with Gasteiger partial charge in [0.05, 0.1) is 13.2 Å². The lowest BCUT2D eigenvalue weighted by atomic mass is 9.96. The molecule has 0 heterocycles. The topological polar surface area (TPSA) is 36.5 Å². The van der Waals surface area contributed by atoms with E-state index in [1.165, 1.54) is 32.1 Å². The first-order valence-electron chi connectivity index (χ1n) is 6.95. The molecule has 0 atom stereocenters. The predicted octanol–water partition coefficient (Wildman–Crippen LogP) is 1.36. The first-order valence-corrected chi connectivity index (χ1v) is 7.36. The van der Waals surface area contributed by atoms with Crippen LogP contribution in [0.25, 0.3) is 0 Å². The van der Waals surface area contributed by atoms with E-state index >= 15 is 0 Å². The molecule has 1 saturated carbocycles. The molecule has 0 aromatic carbocycles. The summed E-state index contributed by atoms with van der Waals surface area (Å²) in [5.74, 6) is 0. The van der Waals surface area contributed by atoms with E-state index in [9.17, 15) is 0 Å².